The molecule has 92 valence electrons. The molecule has 0 amide bonds. The summed E-state index contributed by atoms with van der Waals surface area (Å²) in [5, 5.41) is 10.5. The minimum Gasteiger partial charge on any atom is -0.377 e. The zero-order valence-corrected chi connectivity index (χ0v) is 11.6. The molecule has 0 spiro atoms. The van der Waals surface area contributed by atoms with Crippen LogP contribution in [0.3, 0.4) is 0 Å². The SMILES string of the molecule is CCN(Cc1cccs1)Cc1nnsc1NC. The van der Waals surface area contributed by atoms with Crippen molar-refractivity contribution in [3.63, 3.8) is 0 Å². The van der Waals surface area contributed by atoms with E-state index in [-0.39, 0.29) is 0 Å². The van der Waals surface area contributed by atoms with Gasteiger partial charge in [-0.1, -0.05) is 17.5 Å². The van der Waals surface area contributed by atoms with E-state index in [1.54, 1.807) is 11.3 Å². The molecule has 17 heavy (non-hydrogen) atoms. The third-order valence-electron chi connectivity index (χ3n) is 2.56. The zero-order valence-electron chi connectivity index (χ0n) is 10.0. The summed E-state index contributed by atoms with van der Waals surface area (Å²) in [6, 6.07) is 4.27. The standard InChI is InChI=1S/C11H16N4S2/c1-3-15(7-9-5-4-6-16-9)8-10-11(12-2)17-14-13-10/h4-6,12H,3,7-8H2,1-2H3. The molecule has 1 N–H and O–H groups in total. The number of thiophene rings is 1. The molecule has 0 saturated heterocycles. The van der Waals surface area contributed by atoms with Crippen molar-refractivity contribution in [1.82, 2.24) is 14.5 Å². The Hall–Kier alpha value is -0.980. The summed E-state index contributed by atoms with van der Waals surface area (Å²) in [7, 11) is 1.91. The summed E-state index contributed by atoms with van der Waals surface area (Å²) in [4.78, 5) is 3.75. The first-order chi connectivity index (χ1) is 8.33. The molecular weight excluding hydrogens is 252 g/mol. The molecule has 2 heterocycles. The van der Waals surface area contributed by atoms with E-state index in [2.05, 4.69) is 44.2 Å². The van der Waals surface area contributed by atoms with Gasteiger partial charge in [0, 0.05) is 36.5 Å². The van der Waals surface area contributed by atoms with Crippen LogP contribution in [0.15, 0.2) is 17.5 Å². The first-order valence-corrected chi connectivity index (χ1v) is 7.22. The molecule has 0 unspecified atom stereocenters. The van der Waals surface area contributed by atoms with Crippen LogP contribution in [0, 0.1) is 0 Å². The summed E-state index contributed by atoms with van der Waals surface area (Å²) >= 11 is 3.21. The lowest BCUT2D eigenvalue weighted by molar-refractivity contribution is 0.271. The van der Waals surface area contributed by atoms with Crippen molar-refractivity contribution in [2.45, 2.75) is 20.0 Å². The van der Waals surface area contributed by atoms with E-state index in [0.717, 1.165) is 30.3 Å². The molecule has 0 aromatic carbocycles. The summed E-state index contributed by atoms with van der Waals surface area (Å²) < 4.78 is 3.98. The van der Waals surface area contributed by atoms with Crippen LogP contribution in [0.1, 0.15) is 17.5 Å². The van der Waals surface area contributed by atoms with Gasteiger partial charge in [0.1, 0.15) is 10.7 Å². The molecule has 4 nitrogen and oxygen atoms in total. The van der Waals surface area contributed by atoms with Crippen LogP contribution in [0.4, 0.5) is 5.00 Å². The molecule has 0 radical (unpaired) electrons. The molecule has 6 heteroatoms. The molecule has 0 fully saturated rings. The van der Waals surface area contributed by atoms with Gasteiger partial charge < -0.3 is 5.32 Å². The van der Waals surface area contributed by atoms with Gasteiger partial charge in [-0.2, -0.15) is 0 Å². The van der Waals surface area contributed by atoms with Gasteiger partial charge in [-0.05, 0) is 18.0 Å². The maximum absolute atomic E-state index is 4.17. The molecule has 0 aliphatic rings. The van der Waals surface area contributed by atoms with Crippen LogP contribution in [0.5, 0.6) is 0 Å². The largest absolute Gasteiger partial charge is 0.377 e. The van der Waals surface area contributed by atoms with Crippen molar-refractivity contribution < 1.29 is 0 Å². The van der Waals surface area contributed by atoms with Crippen LogP contribution in [-0.4, -0.2) is 28.1 Å². The van der Waals surface area contributed by atoms with Crippen LogP contribution < -0.4 is 5.32 Å². The van der Waals surface area contributed by atoms with Crippen LogP contribution in [-0.2, 0) is 13.1 Å². The predicted octanol–water partition coefficient (Wildman–Crippen LogP) is 2.66. The van der Waals surface area contributed by atoms with E-state index < -0.39 is 0 Å². The fraction of sp³-hybridized carbons (Fsp3) is 0.455. The second kappa shape index (κ2) is 6.09. The third kappa shape index (κ3) is 3.24. The number of hydrogen-bond donors (Lipinski definition) is 1. The van der Waals surface area contributed by atoms with Crippen molar-refractivity contribution in [1.29, 1.82) is 0 Å². The van der Waals surface area contributed by atoms with Crippen LogP contribution in [0.2, 0.25) is 0 Å². The Kier molecular flexibility index (Phi) is 4.47. The monoisotopic (exact) mass is 268 g/mol. The fourth-order valence-electron chi connectivity index (χ4n) is 1.62. The first-order valence-electron chi connectivity index (χ1n) is 5.57. The Morgan fingerprint density at radius 3 is 2.94 bits per heavy atom. The van der Waals surface area contributed by atoms with Crippen molar-refractivity contribution in [3.05, 3.63) is 28.1 Å². The van der Waals surface area contributed by atoms with E-state index in [0.29, 0.717) is 0 Å². The highest BCUT2D eigenvalue weighted by Gasteiger charge is 2.11. The minimum absolute atomic E-state index is 0.848. The van der Waals surface area contributed by atoms with E-state index in [4.69, 9.17) is 0 Å². The Morgan fingerprint density at radius 1 is 1.41 bits per heavy atom. The summed E-state index contributed by atoms with van der Waals surface area (Å²) in [5.74, 6) is 0. The molecule has 0 atom stereocenters. The lowest BCUT2D eigenvalue weighted by atomic mass is 10.3. The number of nitrogens with one attached hydrogen (secondary N) is 1. The molecule has 0 aliphatic heterocycles. The van der Waals surface area contributed by atoms with Gasteiger partial charge in [0.25, 0.3) is 0 Å². The molecule has 0 aliphatic carbocycles. The summed E-state index contributed by atoms with van der Waals surface area (Å²) in [6.45, 7) is 5.01. The predicted molar refractivity (Wildman–Crippen MR) is 73.6 cm³/mol. The smallest absolute Gasteiger partial charge is 0.134 e. The molecule has 0 bridgehead atoms. The van der Waals surface area contributed by atoms with E-state index in [9.17, 15) is 0 Å². The normalized spacial score (nSPS) is 11.0. The van der Waals surface area contributed by atoms with Gasteiger partial charge in [0.2, 0.25) is 0 Å². The maximum atomic E-state index is 4.17. The van der Waals surface area contributed by atoms with Gasteiger partial charge in [-0.3, -0.25) is 4.90 Å². The minimum atomic E-state index is 0.848. The van der Waals surface area contributed by atoms with Crippen molar-refractivity contribution in [2.24, 2.45) is 0 Å². The number of aromatic nitrogens is 2. The molecule has 2 rings (SSSR count). The Balaban J connectivity index is 2.00. The van der Waals surface area contributed by atoms with Crippen molar-refractivity contribution >= 4 is 27.9 Å². The quantitative estimate of drug-likeness (QED) is 0.874. The molecule has 0 saturated carbocycles. The van der Waals surface area contributed by atoms with Crippen molar-refractivity contribution in [2.75, 3.05) is 18.9 Å². The summed E-state index contributed by atoms with van der Waals surface area (Å²) in [5.41, 5.74) is 1.04. The van der Waals surface area contributed by atoms with Crippen molar-refractivity contribution in [3.8, 4) is 0 Å². The van der Waals surface area contributed by atoms with Gasteiger partial charge >= 0.3 is 0 Å². The highest BCUT2D eigenvalue weighted by atomic mass is 32.1. The molecule has 2 aromatic heterocycles. The Bertz CT molecular complexity index is 438. The second-order valence-electron chi connectivity index (χ2n) is 3.68. The Labute approximate surface area is 109 Å². The second-order valence-corrected chi connectivity index (χ2v) is 5.47. The van der Waals surface area contributed by atoms with Gasteiger partial charge in [-0.15, -0.1) is 16.4 Å². The number of nitrogens with zero attached hydrogens (tertiary/aromatic N) is 3. The molecule has 2 aromatic rings. The van der Waals surface area contributed by atoms with Crippen LogP contribution >= 0.6 is 22.9 Å². The van der Waals surface area contributed by atoms with E-state index >= 15 is 0 Å². The van der Waals surface area contributed by atoms with Gasteiger partial charge in [0.05, 0.1) is 0 Å². The van der Waals surface area contributed by atoms with E-state index in [1.807, 2.05) is 7.05 Å². The topological polar surface area (TPSA) is 41.1 Å². The Morgan fingerprint density at radius 2 is 2.29 bits per heavy atom. The van der Waals surface area contributed by atoms with Gasteiger partial charge in [-0.25, -0.2) is 0 Å². The number of anilines is 1. The molecular formula is C11H16N4S2. The first kappa shape index (κ1) is 12.5. The average molecular weight is 268 g/mol. The number of rotatable bonds is 6. The maximum Gasteiger partial charge on any atom is 0.134 e. The number of hydrogen-bond acceptors (Lipinski definition) is 6. The third-order valence-corrected chi connectivity index (χ3v) is 4.21. The fourth-order valence-corrected chi connectivity index (χ4v) is 2.89. The lowest BCUT2D eigenvalue weighted by Crippen LogP contribution is -2.22. The van der Waals surface area contributed by atoms with E-state index in [1.165, 1.54) is 16.4 Å². The average Bonchev–Trinajstić information content (AvgIpc) is 2.99. The highest BCUT2D eigenvalue weighted by Crippen LogP contribution is 2.20. The van der Waals surface area contributed by atoms with Crippen LogP contribution in [0.25, 0.3) is 0 Å². The highest BCUT2D eigenvalue weighted by molar-refractivity contribution is 7.10. The zero-order chi connectivity index (χ0) is 12.1. The van der Waals surface area contributed by atoms with Gasteiger partial charge in [0.15, 0.2) is 0 Å². The lowest BCUT2D eigenvalue weighted by Gasteiger charge is -2.18. The summed E-state index contributed by atoms with van der Waals surface area (Å²) in [6.07, 6.45) is 0.